The Morgan fingerprint density at radius 3 is 1.38 bits per heavy atom. The quantitative estimate of drug-likeness (QED) is 0.114. The first kappa shape index (κ1) is 35.7. The second-order valence-electron chi connectivity index (χ2n) is 15.7. The first-order valence-electron chi connectivity index (χ1n) is 20.1. The first-order chi connectivity index (χ1) is 28.5. The number of hydrogen-bond donors (Lipinski definition) is 0. The molecule has 0 atom stereocenters. The highest BCUT2D eigenvalue weighted by Crippen LogP contribution is 2.35. The first-order valence-corrected chi connectivity index (χ1v) is 25.1. The van der Waals surface area contributed by atoms with Gasteiger partial charge in [-0.15, -0.1) is 0 Å². The number of aromatic nitrogens is 2. The van der Waals surface area contributed by atoms with Crippen LogP contribution in [0.5, 0.6) is 0 Å². The molecule has 1 aliphatic rings. The molecular formula is C54H42N2Si2. The molecule has 10 rings (SSSR count). The lowest BCUT2D eigenvalue weighted by molar-refractivity contribution is 1.20. The second-order valence-corrected chi connectivity index (χ2v) is 23.8. The van der Waals surface area contributed by atoms with Crippen LogP contribution in [0.25, 0.3) is 56.2 Å². The van der Waals surface area contributed by atoms with E-state index < -0.39 is 16.1 Å². The Morgan fingerprint density at radius 2 is 0.759 bits per heavy atom. The summed E-state index contributed by atoms with van der Waals surface area (Å²) in [6.45, 7) is 4.89. The summed E-state index contributed by atoms with van der Waals surface area (Å²) in [5.41, 5.74) is 10.2. The van der Waals surface area contributed by atoms with Gasteiger partial charge in [0.15, 0.2) is 13.9 Å². The summed E-state index contributed by atoms with van der Waals surface area (Å²) in [4.78, 5) is 11.0. The van der Waals surface area contributed by atoms with Crippen LogP contribution in [0.4, 0.5) is 0 Å². The van der Waals surface area contributed by atoms with Gasteiger partial charge in [-0.25, -0.2) is 9.97 Å². The molecule has 4 heteroatoms. The standard InChI is InChI=1S/C54H42N2Si2/c1-57(2)50-35-16-15-34-49(50)52-53(57)51(43-25-17-22-40(36-43)39-20-7-3-8-21-39)55-54(56-52)44-26-18-23-41(37-44)42-24-19-33-48(38-42)58(45-27-9-4-10-28-45,46-29-11-5-12-30-46)47-31-13-6-14-32-47/h3-38H,1-2H3. The van der Waals surface area contributed by atoms with Gasteiger partial charge in [0.2, 0.25) is 0 Å². The van der Waals surface area contributed by atoms with Crippen LogP contribution in [0.2, 0.25) is 13.1 Å². The van der Waals surface area contributed by atoms with E-state index >= 15 is 0 Å². The van der Waals surface area contributed by atoms with Gasteiger partial charge in [-0.2, -0.15) is 0 Å². The van der Waals surface area contributed by atoms with Gasteiger partial charge < -0.3 is 0 Å². The Bertz CT molecular complexity index is 2810. The van der Waals surface area contributed by atoms with Crippen molar-refractivity contribution >= 4 is 47.3 Å². The van der Waals surface area contributed by atoms with Gasteiger partial charge in [-0.1, -0.05) is 219 Å². The zero-order valence-electron chi connectivity index (χ0n) is 32.7. The largest absolute Gasteiger partial charge is 0.228 e. The number of rotatable bonds is 8. The van der Waals surface area contributed by atoms with Crippen molar-refractivity contribution in [2.75, 3.05) is 0 Å². The molecule has 0 N–H and O–H groups in total. The number of nitrogens with zero attached hydrogens (tertiary/aromatic N) is 2. The third-order valence-corrected chi connectivity index (χ3v) is 20.3. The van der Waals surface area contributed by atoms with E-state index in [1.54, 1.807) is 0 Å². The lowest BCUT2D eigenvalue weighted by atomic mass is 10.00. The molecule has 58 heavy (non-hydrogen) atoms. The molecule has 2 heterocycles. The molecular weight excluding hydrogens is 733 g/mol. The molecule has 0 spiro atoms. The van der Waals surface area contributed by atoms with Crippen molar-refractivity contribution in [2.24, 2.45) is 0 Å². The smallest absolute Gasteiger partial charge is 0.179 e. The maximum atomic E-state index is 5.54. The van der Waals surface area contributed by atoms with E-state index in [4.69, 9.17) is 9.97 Å². The van der Waals surface area contributed by atoms with Gasteiger partial charge in [0, 0.05) is 11.1 Å². The van der Waals surface area contributed by atoms with Crippen LogP contribution in [-0.2, 0) is 0 Å². The van der Waals surface area contributed by atoms with Crippen molar-refractivity contribution in [3.63, 3.8) is 0 Å². The van der Waals surface area contributed by atoms with Gasteiger partial charge in [0.25, 0.3) is 0 Å². The molecule has 9 aromatic rings. The van der Waals surface area contributed by atoms with E-state index in [1.807, 2.05) is 0 Å². The molecule has 0 unspecified atom stereocenters. The maximum Gasteiger partial charge on any atom is 0.179 e. The van der Waals surface area contributed by atoms with Gasteiger partial charge in [0.05, 0.1) is 11.4 Å². The molecule has 2 nitrogen and oxygen atoms in total. The minimum absolute atomic E-state index is 0.750. The van der Waals surface area contributed by atoms with Crippen LogP contribution in [0.1, 0.15) is 0 Å². The summed E-state index contributed by atoms with van der Waals surface area (Å²) in [6, 6.07) is 79.9. The van der Waals surface area contributed by atoms with E-state index in [2.05, 4.69) is 231 Å². The highest BCUT2D eigenvalue weighted by molar-refractivity contribution is 7.20. The van der Waals surface area contributed by atoms with E-state index in [1.165, 1.54) is 53.4 Å². The lowest BCUT2D eigenvalue weighted by Crippen LogP contribution is -2.74. The molecule has 0 saturated heterocycles. The van der Waals surface area contributed by atoms with Gasteiger partial charge in [-0.3, -0.25) is 0 Å². The topological polar surface area (TPSA) is 25.8 Å². The van der Waals surface area contributed by atoms with Crippen molar-refractivity contribution in [2.45, 2.75) is 13.1 Å². The van der Waals surface area contributed by atoms with Crippen LogP contribution in [0.15, 0.2) is 218 Å². The molecule has 0 aliphatic carbocycles. The Hall–Kier alpha value is -6.73. The fourth-order valence-electron chi connectivity index (χ4n) is 9.27. The molecule has 0 radical (unpaired) electrons. The van der Waals surface area contributed by atoms with Gasteiger partial charge in [0.1, 0.15) is 8.07 Å². The van der Waals surface area contributed by atoms with Crippen LogP contribution in [0.3, 0.4) is 0 Å². The molecule has 1 aliphatic heterocycles. The van der Waals surface area contributed by atoms with Gasteiger partial charge >= 0.3 is 0 Å². The SMILES string of the molecule is C[Si]1(C)c2ccccc2-c2nc(-c3cccc(-c4cccc([Si](c5ccccc5)(c5ccccc5)c5ccccc5)c4)c3)nc(-c3cccc(-c4ccccc4)c3)c21. The van der Waals surface area contributed by atoms with Crippen LogP contribution in [-0.4, -0.2) is 26.1 Å². The number of hydrogen-bond acceptors (Lipinski definition) is 2. The Morgan fingerprint density at radius 1 is 0.345 bits per heavy atom. The Labute approximate surface area is 343 Å². The van der Waals surface area contributed by atoms with Crippen molar-refractivity contribution < 1.29 is 0 Å². The van der Waals surface area contributed by atoms with Crippen molar-refractivity contribution in [1.82, 2.24) is 9.97 Å². The molecule has 1 aromatic heterocycles. The molecule has 0 amide bonds. The van der Waals surface area contributed by atoms with Crippen LogP contribution in [0, 0.1) is 0 Å². The van der Waals surface area contributed by atoms with E-state index in [9.17, 15) is 0 Å². The maximum absolute atomic E-state index is 5.54. The van der Waals surface area contributed by atoms with Crippen LogP contribution < -0.4 is 31.1 Å². The summed E-state index contributed by atoms with van der Waals surface area (Å²) in [5, 5.41) is 8.17. The minimum atomic E-state index is -2.70. The molecule has 0 saturated carbocycles. The third-order valence-electron chi connectivity index (χ3n) is 12.0. The fourth-order valence-corrected chi connectivity index (χ4v) is 17.3. The summed E-state index contributed by atoms with van der Waals surface area (Å²) >= 11 is 0. The summed E-state index contributed by atoms with van der Waals surface area (Å²) in [6.07, 6.45) is 0. The predicted molar refractivity (Wildman–Crippen MR) is 250 cm³/mol. The summed E-state index contributed by atoms with van der Waals surface area (Å²) in [7, 11) is -4.82. The molecule has 0 bridgehead atoms. The van der Waals surface area contributed by atoms with Crippen molar-refractivity contribution in [3.8, 4) is 56.2 Å². The number of benzene rings is 8. The monoisotopic (exact) mass is 774 g/mol. The predicted octanol–water partition coefficient (Wildman–Crippen LogP) is 9.33. The highest BCUT2D eigenvalue weighted by atomic mass is 28.3. The molecule has 276 valence electrons. The van der Waals surface area contributed by atoms with Crippen molar-refractivity contribution in [1.29, 1.82) is 0 Å². The Kier molecular flexibility index (Phi) is 9.01. The second kappa shape index (κ2) is 14.7. The minimum Gasteiger partial charge on any atom is -0.228 e. The van der Waals surface area contributed by atoms with Crippen molar-refractivity contribution in [3.05, 3.63) is 218 Å². The Balaban J connectivity index is 1.14. The normalized spacial score (nSPS) is 12.8. The number of fused-ring (bicyclic) bond motifs is 3. The average Bonchev–Trinajstić information content (AvgIpc) is 3.53. The highest BCUT2D eigenvalue weighted by Gasteiger charge is 2.43. The van der Waals surface area contributed by atoms with Crippen LogP contribution >= 0.6 is 0 Å². The zero-order valence-corrected chi connectivity index (χ0v) is 34.7. The molecule has 0 fully saturated rings. The van der Waals surface area contributed by atoms with Gasteiger partial charge in [-0.05, 0) is 71.1 Å². The summed E-state index contributed by atoms with van der Waals surface area (Å²) < 4.78 is 0. The summed E-state index contributed by atoms with van der Waals surface area (Å²) in [5.74, 6) is 0.750. The fraction of sp³-hybridized carbons (Fsp3) is 0.0370. The van der Waals surface area contributed by atoms with E-state index in [0.29, 0.717) is 0 Å². The zero-order chi connectivity index (χ0) is 39.1. The molecule has 8 aromatic carbocycles. The van der Waals surface area contributed by atoms with E-state index in [-0.39, 0.29) is 0 Å². The van der Waals surface area contributed by atoms with E-state index in [0.717, 1.165) is 33.9 Å². The average molecular weight is 775 g/mol. The third kappa shape index (κ3) is 6.01. The lowest BCUT2D eigenvalue weighted by Gasteiger charge is -2.34.